The predicted molar refractivity (Wildman–Crippen MR) is 223 cm³/mol. The Hall–Kier alpha value is -7.10. The van der Waals surface area contributed by atoms with Crippen molar-refractivity contribution in [2.45, 2.75) is 0 Å². The molecule has 0 aliphatic carbocycles. The van der Waals surface area contributed by atoms with E-state index in [2.05, 4.69) is 179 Å². The highest BCUT2D eigenvalue weighted by atomic mass is 16.3. The van der Waals surface area contributed by atoms with Crippen LogP contribution in [0.3, 0.4) is 0 Å². The zero-order chi connectivity index (χ0) is 34.6. The Morgan fingerprint density at radius 1 is 0.302 bits per heavy atom. The normalized spacial score (nSPS) is 12.2. The lowest BCUT2D eigenvalue weighted by molar-refractivity contribution is 0.669. The molecule has 246 valence electrons. The number of benzene rings is 9. The van der Waals surface area contributed by atoms with E-state index < -0.39 is 0 Å². The van der Waals surface area contributed by atoms with Crippen molar-refractivity contribution in [1.82, 2.24) is 9.13 Å². The summed E-state index contributed by atoms with van der Waals surface area (Å²) in [5.41, 5.74) is 11.3. The highest BCUT2D eigenvalue weighted by Crippen LogP contribution is 2.41. The van der Waals surface area contributed by atoms with E-state index in [0.717, 1.165) is 27.6 Å². The summed E-state index contributed by atoms with van der Waals surface area (Å²) in [5, 5.41) is 12.3. The second-order valence-electron chi connectivity index (χ2n) is 14.1. The maximum atomic E-state index is 6.18. The van der Waals surface area contributed by atoms with Crippen molar-refractivity contribution in [2.24, 2.45) is 0 Å². The molecule has 0 N–H and O–H groups in total. The minimum Gasteiger partial charge on any atom is -0.456 e. The molecule has 0 saturated carbocycles. The summed E-state index contributed by atoms with van der Waals surface area (Å²) in [6.45, 7) is 0. The maximum Gasteiger partial charge on any atom is 0.135 e. The largest absolute Gasteiger partial charge is 0.456 e. The standard InChI is InChI=1S/C50H30N2O/c1-2-12-35-33(11-1)29-48(37-14-4-3-13-36(35)37)52-45-19-9-5-15-38(45)40-24-21-32(28-47(40)52)31-22-25-46-42(27-31)39-16-6-8-18-44(39)51(46)34-23-26-50-43(30-34)41-17-7-10-20-49(41)53-50/h1-30H. The van der Waals surface area contributed by atoms with E-state index in [1.54, 1.807) is 0 Å². The maximum absolute atomic E-state index is 6.18. The molecule has 12 aromatic rings. The van der Waals surface area contributed by atoms with Crippen molar-refractivity contribution in [3.8, 4) is 22.5 Å². The Morgan fingerprint density at radius 2 is 0.887 bits per heavy atom. The van der Waals surface area contributed by atoms with E-state index in [1.165, 1.54) is 82.0 Å². The molecule has 53 heavy (non-hydrogen) atoms. The molecule has 12 rings (SSSR count). The molecular weight excluding hydrogens is 645 g/mol. The van der Waals surface area contributed by atoms with Gasteiger partial charge in [0.25, 0.3) is 0 Å². The first-order chi connectivity index (χ1) is 26.3. The molecule has 0 saturated heterocycles. The van der Waals surface area contributed by atoms with E-state index in [4.69, 9.17) is 4.42 Å². The number of rotatable bonds is 3. The van der Waals surface area contributed by atoms with Gasteiger partial charge in [-0.1, -0.05) is 121 Å². The fourth-order valence-corrected chi connectivity index (χ4v) is 8.91. The Morgan fingerprint density at radius 3 is 1.74 bits per heavy atom. The molecule has 0 spiro atoms. The second kappa shape index (κ2) is 10.7. The minimum atomic E-state index is 0.905. The van der Waals surface area contributed by atoms with Crippen molar-refractivity contribution >= 4 is 87.1 Å². The second-order valence-corrected chi connectivity index (χ2v) is 14.1. The Kier molecular flexibility index (Phi) is 5.77. The monoisotopic (exact) mass is 674 g/mol. The first kappa shape index (κ1) is 28.6. The van der Waals surface area contributed by atoms with Gasteiger partial charge in [-0.05, 0) is 87.9 Å². The van der Waals surface area contributed by atoms with Gasteiger partial charge in [-0.2, -0.15) is 0 Å². The van der Waals surface area contributed by atoms with Gasteiger partial charge in [0.05, 0.1) is 27.8 Å². The summed E-state index contributed by atoms with van der Waals surface area (Å²) in [6, 6.07) is 66.2. The minimum absolute atomic E-state index is 0.905. The van der Waals surface area contributed by atoms with Crippen LogP contribution in [-0.2, 0) is 0 Å². The van der Waals surface area contributed by atoms with Gasteiger partial charge >= 0.3 is 0 Å². The van der Waals surface area contributed by atoms with Crippen molar-refractivity contribution in [1.29, 1.82) is 0 Å². The number of furan rings is 1. The zero-order valence-corrected chi connectivity index (χ0v) is 28.6. The summed E-state index contributed by atoms with van der Waals surface area (Å²) in [4.78, 5) is 0. The summed E-state index contributed by atoms with van der Waals surface area (Å²) >= 11 is 0. The van der Waals surface area contributed by atoms with E-state index in [9.17, 15) is 0 Å². The Balaban J connectivity index is 1.09. The molecule has 3 nitrogen and oxygen atoms in total. The average Bonchev–Trinajstić information content (AvgIpc) is 3.87. The highest BCUT2D eigenvalue weighted by Gasteiger charge is 2.18. The van der Waals surface area contributed by atoms with E-state index in [0.29, 0.717) is 0 Å². The molecule has 0 aliphatic heterocycles. The summed E-state index contributed by atoms with van der Waals surface area (Å²) in [6.07, 6.45) is 0. The number of hydrogen-bond donors (Lipinski definition) is 0. The first-order valence-electron chi connectivity index (χ1n) is 18.2. The third-order valence-electron chi connectivity index (χ3n) is 11.3. The van der Waals surface area contributed by atoms with Crippen LogP contribution in [0.15, 0.2) is 186 Å². The number of nitrogens with zero attached hydrogens (tertiary/aromatic N) is 2. The molecular formula is C50H30N2O. The van der Waals surface area contributed by atoms with E-state index >= 15 is 0 Å². The zero-order valence-electron chi connectivity index (χ0n) is 28.6. The van der Waals surface area contributed by atoms with Crippen LogP contribution in [0, 0.1) is 0 Å². The molecule has 0 fully saturated rings. The van der Waals surface area contributed by atoms with Crippen molar-refractivity contribution in [3.05, 3.63) is 182 Å². The van der Waals surface area contributed by atoms with Crippen molar-refractivity contribution in [3.63, 3.8) is 0 Å². The molecule has 3 heteroatoms. The van der Waals surface area contributed by atoms with Gasteiger partial charge in [0, 0.05) is 43.4 Å². The summed E-state index contributed by atoms with van der Waals surface area (Å²) in [5.74, 6) is 0. The molecule has 0 unspecified atom stereocenters. The summed E-state index contributed by atoms with van der Waals surface area (Å²) in [7, 11) is 0. The van der Waals surface area contributed by atoms with Gasteiger partial charge < -0.3 is 13.6 Å². The number of fused-ring (bicyclic) bond motifs is 12. The molecule has 9 aromatic carbocycles. The SMILES string of the molecule is c1ccc2c(c1)cc(-n1c3ccccc3c3ccc(-c4ccc5c(c4)c4ccccc4n5-c4ccc5oc6ccccc6c5c4)cc31)c1ccccc12. The van der Waals surface area contributed by atoms with Gasteiger partial charge in [0.2, 0.25) is 0 Å². The number of hydrogen-bond acceptors (Lipinski definition) is 1. The van der Waals surface area contributed by atoms with E-state index in [1.807, 2.05) is 12.1 Å². The van der Waals surface area contributed by atoms with Crippen LogP contribution < -0.4 is 0 Å². The van der Waals surface area contributed by atoms with Crippen molar-refractivity contribution < 1.29 is 4.42 Å². The summed E-state index contributed by atoms with van der Waals surface area (Å²) < 4.78 is 11.0. The molecule has 0 amide bonds. The number of para-hydroxylation sites is 3. The molecule has 3 aromatic heterocycles. The molecule has 3 heterocycles. The lowest BCUT2D eigenvalue weighted by Gasteiger charge is -2.15. The van der Waals surface area contributed by atoms with Crippen LogP contribution >= 0.6 is 0 Å². The number of aromatic nitrogens is 2. The van der Waals surface area contributed by atoms with Crippen LogP contribution in [0.1, 0.15) is 0 Å². The smallest absolute Gasteiger partial charge is 0.135 e. The molecule has 0 radical (unpaired) electrons. The molecule has 0 atom stereocenters. The van der Waals surface area contributed by atoms with Crippen LogP contribution in [0.2, 0.25) is 0 Å². The first-order valence-corrected chi connectivity index (χ1v) is 18.2. The third-order valence-corrected chi connectivity index (χ3v) is 11.3. The van der Waals surface area contributed by atoms with Crippen LogP contribution in [-0.4, -0.2) is 9.13 Å². The fourth-order valence-electron chi connectivity index (χ4n) is 8.91. The Bertz CT molecular complexity index is 3470. The van der Waals surface area contributed by atoms with Gasteiger partial charge in [0.15, 0.2) is 0 Å². The lowest BCUT2D eigenvalue weighted by atomic mass is 9.99. The third kappa shape index (κ3) is 4.05. The average molecular weight is 675 g/mol. The van der Waals surface area contributed by atoms with Gasteiger partial charge in [-0.3, -0.25) is 0 Å². The van der Waals surface area contributed by atoms with Crippen LogP contribution in [0.5, 0.6) is 0 Å². The van der Waals surface area contributed by atoms with E-state index in [-0.39, 0.29) is 0 Å². The van der Waals surface area contributed by atoms with Gasteiger partial charge in [-0.15, -0.1) is 0 Å². The van der Waals surface area contributed by atoms with Crippen LogP contribution in [0.4, 0.5) is 0 Å². The molecule has 0 aliphatic rings. The van der Waals surface area contributed by atoms with Gasteiger partial charge in [-0.25, -0.2) is 0 Å². The quantitative estimate of drug-likeness (QED) is 0.171. The van der Waals surface area contributed by atoms with Gasteiger partial charge in [0.1, 0.15) is 11.2 Å². The fraction of sp³-hybridized carbons (Fsp3) is 0. The van der Waals surface area contributed by atoms with Crippen LogP contribution in [0.25, 0.3) is 110 Å². The molecule has 0 bridgehead atoms. The predicted octanol–water partition coefficient (Wildman–Crippen LogP) is 13.8. The lowest BCUT2D eigenvalue weighted by Crippen LogP contribution is -1.96. The topological polar surface area (TPSA) is 23.0 Å². The van der Waals surface area contributed by atoms with Crippen molar-refractivity contribution in [2.75, 3.05) is 0 Å². The highest BCUT2D eigenvalue weighted by molar-refractivity contribution is 6.16. The Labute approximate surface area is 304 Å².